The molecule has 1 saturated carbocycles. The molecule has 2 aromatic heterocycles. The first kappa shape index (κ1) is 30.9. The maximum Gasteiger partial charge on any atom is 0.407 e. The second kappa shape index (κ2) is 12.6. The second-order valence-corrected chi connectivity index (χ2v) is 18.6. The smallest absolute Gasteiger partial charge is 0.407 e. The summed E-state index contributed by atoms with van der Waals surface area (Å²) in [6, 6.07) is 4.00. The summed E-state index contributed by atoms with van der Waals surface area (Å²) in [5.41, 5.74) is 3.86. The van der Waals surface area contributed by atoms with Crippen LogP contribution in [0.2, 0.25) is 25.7 Å². The molecule has 1 aliphatic carbocycles. The van der Waals surface area contributed by atoms with Crippen LogP contribution >= 0.6 is 0 Å². The highest BCUT2D eigenvalue weighted by Crippen LogP contribution is 2.39. The number of nitrogens with zero attached hydrogens (tertiary/aromatic N) is 4. The minimum absolute atomic E-state index is 0.155. The number of benzene rings is 1. The number of ether oxygens (including phenoxy) is 2. The summed E-state index contributed by atoms with van der Waals surface area (Å²) in [5, 5.41) is 12.4. The molecule has 0 radical (unpaired) electrons. The zero-order valence-corrected chi connectivity index (χ0v) is 26.7. The topological polar surface area (TPSA) is 119 Å². The highest BCUT2D eigenvalue weighted by atomic mass is 28.3. The van der Waals surface area contributed by atoms with Gasteiger partial charge in [-0.1, -0.05) is 19.6 Å². The Morgan fingerprint density at radius 1 is 1.12 bits per heavy atom. The van der Waals surface area contributed by atoms with Gasteiger partial charge < -0.3 is 29.4 Å². The molecule has 2 aliphatic rings. The largest absolute Gasteiger partial charge is 0.492 e. The van der Waals surface area contributed by atoms with Crippen molar-refractivity contribution in [2.75, 3.05) is 26.3 Å². The molecular weight excluding hydrogens is 569 g/mol. The second-order valence-electron chi connectivity index (χ2n) is 13.0. The van der Waals surface area contributed by atoms with E-state index in [-0.39, 0.29) is 24.5 Å². The predicted molar refractivity (Wildman–Crippen MR) is 165 cm³/mol. The highest BCUT2D eigenvalue weighted by Gasteiger charge is 2.30. The van der Waals surface area contributed by atoms with Gasteiger partial charge >= 0.3 is 6.09 Å². The molecule has 2 amide bonds. The fourth-order valence-electron chi connectivity index (χ4n) is 5.39. The van der Waals surface area contributed by atoms with E-state index in [0.717, 1.165) is 18.9 Å². The first-order chi connectivity index (χ1) is 20.4. The molecule has 1 aliphatic heterocycles. The van der Waals surface area contributed by atoms with E-state index in [4.69, 9.17) is 9.47 Å². The number of carbonyl (C=O) groups is 2. The lowest BCUT2D eigenvalue weighted by Gasteiger charge is -2.30. The van der Waals surface area contributed by atoms with Crippen LogP contribution < -0.4 is 10.1 Å². The number of likely N-dealkylation sites (tertiary alicyclic amines) is 1. The van der Waals surface area contributed by atoms with Gasteiger partial charge in [0.2, 0.25) is 0 Å². The van der Waals surface area contributed by atoms with Gasteiger partial charge in [-0.3, -0.25) is 4.79 Å². The van der Waals surface area contributed by atoms with E-state index in [9.17, 15) is 19.1 Å². The van der Waals surface area contributed by atoms with Crippen molar-refractivity contribution < 1.29 is 28.6 Å². The zero-order valence-electron chi connectivity index (χ0n) is 25.7. The maximum atomic E-state index is 14.8. The van der Waals surface area contributed by atoms with Crippen molar-refractivity contribution in [3.05, 3.63) is 41.1 Å². The molecular formula is C31H42FN5O5Si. The Morgan fingerprint density at radius 2 is 1.84 bits per heavy atom. The van der Waals surface area contributed by atoms with Crippen LogP contribution in [0.5, 0.6) is 5.75 Å². The molecule has 2 fully saturated rings. The minimum atomic E-state index is -1.32. The van der Waals surface area contributed by atoms with Crippen LogP contribution in [0.25, 0.3) is 22.3 Å². The van der Waals surface area contributed by atoms with Crippen molar-refractivity contribution in [3.63, 3.8) is 0 Å². The minimum Gasteiger partial charge on any atom is -0.492 e. The third-order valence-corrected chi connectivity index (χ3v) is 10.0. The molecule has 10 nitrogen and oxygen atoms in total. The summed E-state index contributed by atoms with van der Waals surface area (Å²) < 4.78 is 29.0. The molecule has 3 aromatic rings. The van der Waals surface area contributed by atoms with Gasteiger partial charge in [0.05, 0.1) is 17.7 Å². The standard InChI is InChI=1S/C31H42FN5O5Si/c1-19-14-23(25(15-24(19)32)42-16-21-6-7-21)27-29-28(34-17-33-27)26(20(2)37(29)18-41-12-13-43(3,4)5)30(38)35-22-8-10-36(11-9-22)31(39)40/h14-15,17,21-22H,6-13,16,18H2,1-5H3,(H,35,38)(H,39,40). The molecule has 0 bridgehead atoms. The summed E-state index contributed by atoms with van der Waals surface area (Å²) in [4.78, 5) is 35.7. The molecule has 5 rings (SSSR count). The molecule has 2 N–H and O–H groups in total. The lowest BCUT2D eigenvalue weighted by Crippen LogP contribution is -2.46. The number of aryl methyl sites for hydroxylation is 1. The summed E-state index contributed by atoms with van der Waals surface area (Å²) in [5.74, 6) is 0.264. The molecule has 12 heteroatoms. The van der Waals surface area contributed by atoms with Gasteiger partial charge in [0, 0.05) is 51.1 Å². The lowest BCUT2D eigenvalue weighted by molar-refractivity contribution is 0.0874. The number of aromatic nitrogens is 3. The molecule has 0 unspecified atom stereocenters. The fraction of sp³-hybridized carbons (Fsp3) is 0.548. The third-order valence-electron chi connectivity index (χ3n) is 8.33. The van der Waals surface area contributed by atoms with Crippen LogP contribution in [0.4, 0.5) is 9.18 Å². The van der Waals surface area contributed by atoms with Crippen LogP contribution in [0.1, 0.15) is 47.3 Å². The highest BCUT2D eigenvalue weighted by molar-refractivity contribution is 6.76. The number of carbonyl (C=O) groups excluding carboxylic acids is 1. The molecule has 43 heavy (non-hydrogen) atoms. The number of hydrogen-bond donors (Lipinski definition) is 2. The number of piperidine rings is 1. The molecule has 1 aromatic carbocycles. The number of amides is 2. The van der Waals surface area contributed by atoms with Gasteiger partial charge in [0.1, 0.15) is 35.8 Å². The Hall–Kier alpha value is -3.51. The van der Waals surface area contributed by atoms with Gasteiger partial charge in [-0.2, -0.15) is 0 Å². The van der Waals surface area contributed by atoms with Crippen molar-refractivity contribution in [2.45, 2.75) is 78.0 Å². The number of halogens is 1. The van der Waals surface area contributed by atoms with Gasteiger partial charge in [-0.05, 0) is 63.1 Å². The molecule has 0 spiro atoms. The van der Waals surface area contributed by atoms with Gasteiger partial charge in [-0.25, -0.2) is 19.2 Å². The van der Waals surface area contributed by atoms with E-state index in [1.54, 1.807) is 13.0 Å². The summed E-state index contributed by atoms with van der Waals surface area (Å²) in [7, 11) is -1.32. The van der Waals surface area contributed by atoms with Crippen LogP contribution in [0, 0.1) is 25.6 Å². The van der Waals surface area contributed by atoms with E-state index in [0.29, 0.717) is 89.9 Å². The zero-order chi connectivity index (χ0) is 30.9. The molecule has 0 atom stereocenters. The Balaban J connectivity index is 1.54. The van der Waals surface area contributed by atoms with Crippen LogP contribution in [-0.2, 0) is 11.5 Å². The van der Waals surface area contributed by atoms with Gasteiger partial charge in [0.25, 0.3) is 5.91 Å². The average Bonchev–Trinajstić information content (AvgIpc) is 3.73. The monoisotopic (exact) mass is 611 g/mol. The number of fused-ring (bicyclic) bond motifs is 1. The first-order valence-corrected chi connectivity index (χ1v) is 18.8. The summed E-state index contributed by atoms with van der Waals surface area (Å²) >= 11 is 0. The van der Waals surface area contributed by atoms with E-state index < -0.39 is 14.2 Å². The average molecular weight is 612 g/mol. The van der Waals surface area contributed by atoms with E-state index >= 15 is 0 Å². The normalized spacial score (nSPS) is 16.1. The molecule has 232 valence electrons. The quantitative estimate of drug-likeness (QED) is 0.207. The van der Waals surface area contributed by atoms with Crippen molar-refractivity contribution in [2.24, 2.45) is 5.92 Å². The van der Waals surface area contributed by atoms with Crippen molar-refractivity contribution in [1.29, 1.82) is 0 Å². The first-order valence-electron chi connectivity index (χ1n) is 15.1. The number of hydrogen-bond acceptors (Lipinski definition) is 6. The third kappa shape index (κ3) is 7.18. The maximum absolute atomic E-state index is 14.8. The van der Waals surface area contributed by atoms with Crippen molar-refractivity contribution in [1.82, 2.24) is 24.8 Å². The lowest BCUT2D eigenvalue weighted by atomic mass is 10.0. The van der Waals surface area contributed by atoms with Gasteiger partial charge in [-0.15, -0.1) is 0 Å². The number of carboxylic acid groups (broad SMARTS) is 1. The van der Waals surface area contributed by atoms with E-state index in [2.05, 4.69) is 34.9 Å². The van der Waals surface area contributed by atoms with Crippen molar-refractivity contribution in [3.8, 4) is 17.0 Å². The Kier molecular flexibility index (Phi) is 9.07. The van der Waals surface area contributed by atoms with Crippen molar-refractivity contribution >= 4 is 31.1 Å². The molecule has 1 saturated heterocycles. The van der Waals surface area contributed by atoms with E-state index in [1.165, 1.54) is 17.3 Å². The Morgan fingerprint density at radius 3 is 2.49 bits per heavy atom. The van der Waals surface area contributed by atoms with Gasteiger partial charge in [0.15, 0.2) is 0 Å². The van der Waals surface area contributed by atoms with Crippen LogP contribution in [0.15, 0.2) is 18.5 Å². The fourth-order valence-corrected chi connectivity index (χ4v) is 6.15. The van der Waals surface area contributed by atoms with Crippen LogP contribution in [-0.4, -0.2) is 77.0 Å². The van der Waals surface area contributed by atoms with E-state index in [1.807, 2.05) is 11.5 Å². The Labute approximate surface area is 252 Å². The number of rotatable bonds is 11. The summed E-state index contributed by atoms with van der Waals surface area (Å²) in [6.45, 7) is 12.5. The Bertz CT molecular complexity index is 1510. The van der Waals surface area contributed by atoms with Crippen LogP contribution in [0.3, 0.4) is 0 Å². The molecule has 3 heterocycles. The SMILES string of the molecule is Cc1cc(-c2ncnc3c(C(=O)NC4CCN(C(=O)O)CC4)c(C)n(COCC[Si](C)(C)C)c23)c(OCC2CC2)cc1F. The number of nitrogens with one attached hydrogen (secondary N) is 1. The summed E-state index contributed by atoms with van der Waals surface area (Å²) in [6.07, 6.45) is 3.76. The predicted octanol–water partition coefficient (Wildman–Crippen LogP) is 5.83.